The molecule has 0 aliphatic heterocycles. The summed E-state index contributed by atoms with van der Waals surface area (Å²) in [4.78, 5) is 0. The summed E-state index contributed by atoms with van der Waals surface area (Å²) in [6.07, 6.45) is 5.20. The van der Waals surface area contributed by atoms with Crippen LogP contribution in [0.15, 0.2) is 42.1 Å². The third-order valence-electron chi connectivity index (χ3n) is 2.79. The van der Waals surface area contributed by atoms with Crippen LogP contribution < -0.4 is 5.19 Å². The van der Waals surface area contributed by atoms with E-state index in [0.717, 1.165) is 32.5 Å². The van der Waals surface area contributed by atoms with E-state index in [1.54, 1.807) is 0 Å². The topological polar surface area (TPSA) is 18.5 Å². The van der Waals surface area contributed by atoms with Crippen molar-refractivity contribution in [2.45, 2.75) is 40.0 Å². The van der Waals surface area contributed by atoms with E-state index in [0.29, 0.717) is 0 Å². The van der Waals surface area contributed by atoms with Gasteiger partial charge in [-0.05, 0) is 30.1 Å². The molecule has 1 aromatic rings. The highest BCUT2D eigenvalue weighted by molar-refractivity contribution is 6.85. The van der Waals surface area contributed by atoms with Gasteiger partial charge in [-0.25, -0.2) is 0 Å². The molecule has 1 aromatic carbocycles. The monoisotopic (exact) mass is 278 g/mol. The van der Waals surface area contributed by atoms with Crippen LogP contribution >= 0.6 is 0 Å². The molecule has 0 aliphatic carbocycles. The van der Waals surface area contributed by atoms with Crippen molar-refractivity contribution in [1.29, 1.82) is 0 Å². The van der Waals surface area contributed by atoms with Crippen LogP contribution in [-0.2, 0) is 8.85 Å². The lowest BCUT2D eigenvalue weighted by Crippen LogP contribution is -2.53. The molecular weight excluding hydrogens is 252 g/mol. The molecule has 0 N–H and O–H groups in total. The van der Waals surface area contributed by atoms with Crippen LogP contribution in [0.5, 0.6) is 0 Å². The van der Waals surface area contributed by atoms with Crippen molar-refractivity contribution in [3.05, 3.63) is 42.1 Å². The van der Waals surface area contributed by atoms with Crippen molar-refractivity contribution in [1.82, 2.24) is 0 Å². The molecule has 0 heterocycles. The molecule has 19 heavy (non-hydrogen) atoms. The van der Waals surface area contributed by atoms with Crippen molar-refractivity contribution in [3.63, 3.8) is 0 Å². The van der Waals surface area contributed by atoms with Crippen LogP contribution in [0.4, 0.5) is 0 Å². The fourth-order valence-electron chi connectivity index (χ4n) is 1.85. The lowest BCUT2D eigenvalue weighted by Gasteiger charge is -2.28. The van der Waals surface area contributed by atoms with E-state index in [1.165, 1.54) is 5.19 Å². The summed E-state index contributed by atoms with van der Waals surface area (Å²) >= 11 is 0. The van der Waals surface area contributed by atoms with E-state index in [9.17, 15) is 0 Å². The second-order valence-corrected chi connectivity index (χ2v) is 7.36. The van der Waals surface area contributed by atoms with E-state index < -0.39 is 8.56 Å². The maximum Gasteiger partial charge on any atom is 0.399 e. The van der Waals surface area contributed by atoms with Crippen molar-refractivity contribution in [2.75, 3.05) is 13.2 Å². The van der Waals surface area contributed by atoms with Crippen LogP contribution in [0, 0.1) is 0 Å². The molecule has 106 valence electrons. The van der Waals surface area contributed by atoms with Crippen LogP contribution in [0.25, 0.3) is 0 Å². The zero-order valence-corrected chi connectivity index (χ0v) is 13.4. The quantitative estimate of drug-likeness (QED) is 0.641. The van der Waals surface area contributed by atoms with Gasteiger partial charge in [0.1, 0.15) is 0 Å². The van der Waals surface area contributed by atoms with E-state index in [4.69, 9.17) is 8.85 Å². The zero-order chi connectivity index (χ0) is 14.0. The minimum absolute atomic E-state index is 0.749. The smallest absolute Gasteiger partial charge is 0.388 e. The lowest BCUT2D eigenvalue weighted by molar-refractivity contribution is 0.190. The highest BCUT2D eigenvalue weighted by Gasteiger charge is 2.37. The Labute approximate surface area is 118 Å². The highest BCUT2D eigenvalue weighted by atomic mass is 28.4. The third kappa shape index (κ3) is 4.94. The molecule has 2 nitrogen and oxygen atoms in total. The predicted molar refractivity (Wildman–Crippen MR) is 83.7 cm³/mol. The van der Waals surface area contributed by atoms with Crippen LogP contribution in [-0.4, -0.2) is 21.8 Å². The molecule has 0 aliphatic rings. The van der Waals surface area contributed by atoms with E-state index in [1.807, 2.05) is 6.07 Å². The number of benzene rings is 1. The Balaban J connectivity index is 3.05. The van der Waals surface area contributed by atoms with Crippen LogP contribution in [0.2, 0.25) is 0 Å². The standard InChI is InChI=1S/C16H26O2Si/c1-4-7-15-19(17-13-5-2,18-14-6-3)16-11-9-8-10-12-16/h7-12,15H,4-6,13-14H2,1-3H3/b15-7+. The second kappa shape index (κ2) is 9.07. The zero-order valence-electron chi connectivity index (χ0n) is 12.4. The van der Waals surface area contributed by atoms with E-state index in [-0.39, 0.29) is 0 Å². The molecule has 0 amide bonds. The van der Waals surface area contributed by atoms with Gasteiger partial charge in [0.15, 0.2) is 0 Å². The van der Waals surface area contributed by atoms with Gasteiger partial charge in [-0.3, -0.25) is 0 Å². The van der Waals surface area contributed by atoms with Crippen LogP contribution in [0.3, 0.4) is 0 Å². The molecule has 0 aromatic heterocycles. The molecular formula is C16H26O2Si. The lowest BCUT2D eigenvalue weighted by atomic mass is 10.4. The molecule has 0 spiro atoms. The Kier molecular flexibility index (Phi) is 7.71. The van der Waals surface area contributed by atoms with Gasteiger partial charge in [-0.1, -0.05) is 57.2 Å². The van der Waals surface area contributed by atoms with Gasteiger partial charge in [0, 0.05) is 13.2 Å². The number of hydrogen-bond donors (Lipinski definition) is 0. The molecule has 0 fully saturated rings. The van der Waals surface area contributed by atoms with Gasteiger partial charge < -0.3 is 8.85 Å². The van der Waals surface area contributed by atoms with Crippen LogP contribution in [0.1, 0.15) is 40.0 Å². The molecule has 1 rings (SSSR count). The van der Waals surface area contributed by atoms with Gasteiger partial charge in [-0.2, -0.15) is 0 Å². The molecule has 3 heteroatoms. The van der Waals surface area contributed by atoms with Crippen molar-refractivity contribution in [2.24, 2.45) is 0 Å². The Morgan fingerprint density at radius 1 is 0.947 bits per heavy atom. The molecule has 0 saturated carbocycles. The Bertz CT molecular complexity index is 354. The molecule has 0 atom stereocenters. The first-order valence-corrected chi connectivity index (χ1v) is 9.19. The average molecular weight is 278 g/mol. The van der Waals surface area contributed by atoms with Crippen molar-refractivity contribution >= 4 is 13.7 Å². The first-order valence-electron chi connectivity index (χ1n) is 7.30. The minimum atomic E-state index is -2.42. The highest BCUT2D eigenvalue weighted by Crippen LogP contribution is 2.12. The number of allylic oxidation sites excluding steroid dienone is 1. The minimum Gasteiger partial charge on any atom is -0.388 e. The first kappa shape index (κ1) is 16.2. The fourth-order valence-corrected chi connectivity index (χ4v) is 4.87. The summed E-state index contributed by atoms with van der Waals surface area (Å²) in [5.74, 6) is 0. The first-order chi connectivity index (χ1) is 9.29. The van der Waals surface area contributed by atoms with Crippen molar-refractivity contribution in [3.8, 4) is 0 Å². The van der Waals surface area contributed by atoms with E-state index >= 15 is 0 Å². The normalized spacial score (nSPS) is 12.2. The fraction of sp³-hybridized carbons (Fsp3) is 0.500. The predicted octanol–water partition coefficient (Wildman–Crippen LogP) is 3.69. The second-order valence-electron chi connectivity index (χ2n) is 4.54. The summed E-state index contributed by atoms with van der Waals surface area (Å²) in [7, 11) is -2.42. The number of rotatable bonds is 9. The Morgan fingerprint density at radius 2 is 1.53 bits per heavy atom. The molecule has 0 radical (unpaired) electrons. The summed E-state index contributed by atoms with van der Waals surface area (Å²) in [6.45, 7) is 7.90. The maximum atomic E-state index is 6.20. The summed E-state index contributed by atoms with van der Waals surface area (Å²) in [5.41, 5.74) is 2.19. The SMILES string of the molecule is CC/C=C/[Si](OCCC)(OCCC)c1ccccc1. The summed E-state index contributed by atoms with van der Waals surface area (Å²) in [5, 5.41) is 1.20. The Morgan fingerprint density at radius 3 is 2.00 bits per heavy atom. The number of hydrogen-bond acceptors (Lipinski definition) is 2. The Hall–Kier alpha value is -0.903. The third-order valence-corrected chi connectivity index (χ3v) is 5.87. The van der Waals surface area contributed by atoms with Gasteiger partial charge >= 0.3 is 8.56 Å². The van der Waals surface area contributed by atoms with Gasteiger partial charge in [0.2, 0.25) is 0 Å². The summed E-state index contributed by atoms with van der Waals surface area (Å²) < 4.78 is 12.4. The average Bonchev–Trinajstić information content (AvgIpc) is 2.48. The maximum absolute atomic E-state index is 6.20. The van der Waals surface area contributed by atoms with Crippen molar-refractivity contribution < 1.29 is 8.85 Å². The molecule has 0 bridgehead atoms. The molecule has 0 unspecified atom stereocenters. The van der Waals surface area contributed by atoms with Gasteiger partial charge in [0.05, 0.1) is 0 Å². The van der Waals surface area contributed by atoms with Gasteiger partial charge in [-0.15, -0.1) is 0 Å². The summed E-state index contributed by atoms with van der Waals surface area (Å²) in [6, 6.07) is 10.4. The van der Waals surface area contributed by atoms with E-state index in [2.05, 4.69) is 56.8 Å². The molecule has 0 saturated heterocycles. The largest absolute Gasteiger partial charge is 0.399 e. The van der Waals surface area contributed by atoms with Gasteiger partial charge in [0.25, 0.3) is 0 Å².